The minimum atomic E-state index is 0.731. The molecule has 0 aliphatic carbocycles. The monoisotopic (exact) mass is 253 g/mol. The zero-order valence-corrected chi connectivity index (χ0v) is 11.7. The molecule has 3 nitrogen and oxygen atoms in total. The largest absolute Gasteiger partial charge is 0.317 e. The lowest BCUT2D eigenvalue weighted by Crippen LogP contribution is -2.40. The fourth-order valence-electron chi connectivity index (χ4n) is 2.38. The van der Waals surface area contributed by atoms with Crippen molar-refractivity contribution in [2.24, 2.45) is 0 Å². The molecule has 0 spiro atoms. The Hall–Kier alpha value is -0.450. The standard InChI is InChI=1S/C13H23N3S/c1-3-4-11-10-17-13(15-11)9-16(2)12-5-7-14-8-6-12/h10,12,14H,3-9H2,1-2H3. The van der Waals surface area contributed by atoms with E-state index in [2.05, 4.69) is 29.6 Å². The maximum Gasteiger partial charge on any atom is 0.107 e. The van der Waals surface area contributed by atoms with Crippen molar-refractivity contribution in [3.8, 4) is 0 Å². The molecule has 4 heteroatoms. The topological polar surface area (TPSA) is 28.2 Å². The fraction of sp³-hybridized carbons (Fsp3) is 0.769. The summed E-state index contributed by atoms with van der Waals surface area (Å²) in [4.78, 5) is 7.16. The molecule has 1 N–H and O–H groups in total. The number of nitrogens with one attached hydrogen (secondary N) is 1. The van der Waals surface area contributed by atoms with Crippen LogP contribution in [0.5, 0.6) is 0 Å². The quantitative estimate of drug-likeness (QED) is 0.872. The van der Waals surface area contributed by atoms with Crippen LogP contribution in [0.1, 0.15) is 36.9 Å². The highest BCUT2D eigenvalue weighted by atomic mass is 32.1. The number of hydrogen-bond donors (Lipinski definition) is 1. The molecule has 0 saturated carbocycles. The van der Waals surface area contributed by atoms with Crippen LogP contribution in [-0.4, -0.2) is 36.1 Å². The van der Waals surface area contributed by atoms with Crippen LogP contribution in [0.15, 0.2) is 5.38 Å². The number of rotatable bonds is 5. The van der Waals surface area contributed by atoms with E-state index in [0.717, 1.165) is 32.1 Å². The Morgan fingerprint density at radius 1 is 1.47 bits per heavy atom. The number of piperidine rings is 1. The van der Waals surface area contributed by atoms with E-state index in [1.807, 2.05) is 11.3 Å². The van der Waals surface area contributed by atoms with Gasteiger partial charge in [-0.1, -0.05) is 13.3 Å². The van der Waals surface area contributed by atoms with Gasteiger partial charge in [0, 0.05) is 11.4 Å². The van der Waals surface area contributed by atoms with Crippen molar-refractivity contribution in [1.29, 1.82) is 0 Å². The fourth-order valence-corrected chi connectivity index (χ4v) is 3.27. The van der Waals surface area contributed by atoms with Gasteiger partial charge >= 0.3 is 0 Å². The Balaban J connectivity index is 1.85. The molecule has 0 amide bonds. The molecule has 0 aromatic carbocycles. The molecular weight excluding hydrogens is 230 g/mol. The Bertz CT molecular complexity index is 331. The first kappa shape index (κ1) is 13.0. The predicted molar refractivity (Wildman–Crippen MR) is 73.5 cm³/mol. The van der Waals surface area contributed by atoms with E-state index < -0.39 is 0 Å². The summed E-state index contributed by atoms with van der Waals surface area (Å²) in [6.07, 6.45) is 4.84. The lowest BCUT2D eigenvalue weighted by molar-refractivity contribution is 0.191. The van der Waals surface area contributed by atoms with Gasteiger partial charge in [0.15, 0.2) is 0 Å². The molecule has 0 bridgehead atoms. The minimum Gasteiger partial charge on any atom is -0.317 e. The van der Waals surface area contributed by atoms with Crippen molar-refractivity contribution < 1.29 is 0 Å². The SMILES string of the molecule is CCCc1csc(CN(C)C2CCNCC2)n1. The van der Waals surface area contributed by atoms with E-state index in [0.29, 0.717) is 0 Å². The van der Waals surface area contributed by atoms with Crippen LogP contribution in [0.4, 0.5) is 0 Å². The van der Waals surface area contributed by atoms with Crippen LogP contribution >= 0.6 is 11.3 Å². The zero-order valence-electron chi connectivity index (χ0n) is 10.9. The van der Waals surface area contributed by atoms with Crippen molar-refractivity contribution >= 4 is 11.3 Å². The molecule has 1 aliphatic heterocycles. The Kier molecular flexibility index (Phi) is 4.95. The number of hydrogen-bond acceptors (Lipinski definition) is 4. The van der Waals surface area contributed by atoms with E-state index in [-0.39, 0.29) is 0 Å². The molecule has 1 aliphatic rings. The molecule has 1 fully saturated rings. The van der Waals surface area contributed by atoms with Gasteiger partial charge in [-0.3, -0.25) is 4.90 Å². The van der Waals surface area contributed by atoms with E-state index in [4.69, 9.17) is 4.98 Å². The number of thiazole rings is 1. The first-order chi connectivity index (χ1) is 8.29. The van der Waals surface area contributed by atoms with Crippen LogP contribution < -0.4 is 5.32 Å². The van der Waals surface area contributed by atoms with Gasteiger partial charge in [-0.05, 0) is 39.4 Å². The van der Waals surface area contributed by atoms with Gasteiger partial charge in [-0.25, -0.2) is 4.98 Å². The van der Waals surface area contributed by atoms with E-state index in [1.165, 1.54) is 30.0 Å². The highest BCUT2D eigenvalue weighted by Gasteiger charge is 2.18. The lowest BCUT2D eigenvalue weighted by atomic mass is 10.1. The highest BCUT2D eigenvalue weighted by molar-refractivity contribution is 7.09. The normalized spacial score (nSPS) is 17.8. The average Bonchev–Trinajstić information content (AvgIpc) is 2.78. The van der Waals surface area contributed by atoms with E-state index >= 15 is 0 Å². The van der Waals surface area contributed by atoms with Gasteiger partial charge in [0.2, 0.25) is 0 Å². The maximum atomic E-state index is 4.70. The molecule has 0 atom stereocenters. The average molecular weight is 253 g/mol. The summed E-state index contributed by atoms with van der Waals surface area (Å²) in [5.74, 6) is 0. The van der Waals surface area contributed by atoms with Crippen molar-refractivity contribution in [1.82, 2.24) is 15.2 Å². The molecule has 96 valence electrons. The number of aryl methyl sites for hydroxylation is 1. The van der Waals surface area contributed by atoms with Gasteiger partial charge in [-0.15, -0.1) is 11.3 Å². The molecular formula is C13H23N3S. The molecule has 0 unspecified atom stereocenters. The third kappa shape index (κ3) is 3.76. The summed E-state index contributed by atoms with van der Waals surface area (Å²) < 4.78 is 0. The van der Waals surface area contributed by atoms with Gasteiger partial charge < -0.3 is 5.32 Å². The molecule has 1 aromatic rings. The third-order valence-corrected chi connectivity index (χ3v) is 4.30. The minimum absolute atomic E-state index is 0.731. The second-order valence-electron chi connectivity index (χ2n) is 4.88. The van der Waals surface area contributed by atoms with Crippen molar-refractivity contribution in [2.45, 2.75) is 45.2 Å². The van der Waals surface area contributed by atoms with E-state index in [1.54, 1.807) is 0 Å². The van der Waals surface area contributed by atoms with Crippen LogP contribution in [0.2, 0.25) is 0 Å². The molecule has 17 heavy (non-hydrogen) atoms. The maximum absolute atomic E-state index is 4.70. The molecule has 0 radical (unpaired) electrons. The second-order valence-corrected chi connectivity index (χ2v) is 5.82. The van der Waals surface area contributed by atoms with Gasteiger partial charge in [0.05, 0.1) is 12.2 Å². The summed E-state index contributed by atoms with van der Waals surface area (Å²) in [6.45, 7) is 5.54. The van der Waals surface area contributed by atoms with Crippen LogP contribution in [0.3, 0.4) is 0 Å². The molecule has 1 aromatic heterocycles. The number of aromatic nitrogens is 1. The Labute approximate surface area is 108 Å². The Morgan fingerprint density at radius 3 is 2.94 bits per heavy atom. The van der Waals surface area contributed by atoms with Crippen molar-refractivity contribution in [3.63, 3.8) is 0 Å². The summed E-state index contributed by atoms with van der Waals surface area (Å²) in [7, 11) is 2.23. The first-order valence-electron chi connectivity index (χ1n) is 6.64. The van der Waals surface area contributed by atoms with Crippen molar-refractivity contribution in [2.75, 3.05) is 20.1 Å². The third-order valence-electron chi connectivity index (χ3n) is 3.42. The van der Waals surface area contributed by atoms with Crippen LogP contribution in [-0.2, 0) is 13.0 Å². The van der Waals surface area contributed by atoms with Gasteiger partial charge in [0.1, 0.15) is 5.01 Å². The first-order valence-corrected chi connectivity index (χ1v) is 7.51. The van der Waals surface area contributed by atoms with Crippen molar-refractivity contribution in [3.05, 3.63) is 16.1 Å². The van der Waals surface area contributed by atoms with Gasteiger partial charge in [0.25, 0.3) is 0 Å². The van der Waals surface area contributed by atoms with Crippen LogP contribution in [0, 0.1) is 0 Å². The highest BCUT2D eigenvalue weighted by Crippen LogP contribution is 2.17. The molecule has 2 rings (SSSR count). The van der Waals surface area contributed by atoms with E-state index in [9.17, 15) is 0 Å². The Morgan fingerprint density at radius 2 is 2.24 bits per heavy atom. The summed E-state index contributed by atoms with van der Waals surface area (Å²) in [5, 5.41) is 6.90. The van der Waals surface area contributed by atoms with Crippen LogP contribution in [0.25, 0.3) is 0 Å². The molecule has 1 saturated heterocycles. The smallest absolute Gasteiger partial charge is 0.107 e. The van der Waals surface area contributed by atoms with Gasteiger partial charge in [-0.2, -0.15) is 0 Å². The predicted octanol–water partition coefficient (Wildman–Crippen LogP) is 2.28. The molecule has 2 heterocycles. The summed E-state index contributed by atoms with van der Waals surface area (Å²) in [5.41, 5.74) is 1.27. The second kappa shape index (κ2) is 6.47. The summed E-state index contributed by atoms with van der Waals surface area (Å²) >= 11 is 1.81. The lowest BCUT2D eigenvalue weighted by Gasteiger charge is -2.30. The zero-order chi connectivity index (χ0) is 12.1. The summed E-state index contributed by atoms with van der Waals surface area (Å²) in [6, 6.07) is 0.731. The number of nitrogens with zero attached hydrogens (tertiary/aromatic N) is 2.